The zero-order valence-corrected chi connectivity index (χ0v) is 19.7. The standard InChI is InChI=1S/C24H23N5O5S/c1-13(32)6-17-12-35-24-20(17)22(33)27-21(28-24)23(34)26-8-14-2-3-15-4-5-29(9-16(15)7-14)19(11-31)18(25)10-30/h2-3,7,10-12H,4-6,8-9,25H2,1H3,(H,26,34)(H,27,28,33)/b19-18-. The third-order valence-electron chi connectivity index (χ3n) is 5.79. The summed E-state index contributed by atoms with van der Waals surface area (Å²) in [4.78, 5) is 68.0. The number of hydrogen-bond donors (Lipinski definition) is 3. The molecule has 10 nitrogen and oxygen atoms in total. The molecule has 0 radical (unpaired) electrons. The number of rotatable bonds is 8. The summed E-state index contributed by atoms with van der Waals surface area (Å²) >= 11 is 1.21. The van der Waals surface area contributed by atoms with Gasteiger partial charge >= 0.3 is 0 Å². The van der Waals surface area contributed by atoms with E-state index in [4.69, 9.17) is 5.73 Å². The van der Waals surface area contributed by atoms with Crippen molar-refractivity contribution in [2.24, 2.45) is 5.73 Å². The number of nitrogens with one attached hydrogen (secondary N) is 2. The number of Topliss-reactive ketones (excluding diaryl/α,β-unsaturated/α-hetero) is 1. The van der Waals surface area contributed by atoms with Crippen LogP contribution in [0.15, 0.2) is 39.8 Å². The number of H-pyrrole nitrogens is 1. The highest BCUT2D eigenvalue weighted by atomic mass is 32.1. The van der Waals surface area contributed by atoms with Gasteiger partial charge in [-0.15, -0.1) is 11.3 Å². The molecule has 1 aromatic carbocycles. The predicted molar refractivity (Wildman–Crippen MR) is 130 cm³/mol. The molecule has 0 saturated carbocycles. The van der Waals surface area contributed by atoms with Crippen molar-refractivity contribution in [3.05, 3.63) is 73.4 Å². The Morgan fingerprint density at radius 1 is 1.26 bits per heavy atom. The van der Waals surface area contributed by atoms with E-state index in [9.17, 15) is 24.0 Å². The van der Waals surface area contributed by atoms with Crippen molar-refractivity contribution in [3.8, 4) is 0 Å². The number of hydrogen-bond acceptors (Lipinski definition) is 9. The highest BCUT2D eigenvalue weighted by Crippen LogP contribution is 2.24. The number of aromatic amines is 1. The van der Waals surface area contributed by atoms with E-state index in [0.29, 0.717) is 47.9 Å². The first-order valence-electron chi connectivity index (χ1n) is 10.8. The minimum absolute atomic E-state index is 0.0651. The van der Waals surface area contributed by atoms with Gasteiger partial charge in [-0.05, 0) is 41.0 Å². The Hall–Kier alpha value is -4.12. The first-order valence-corrected chi connectivity index (χ1v) is 11.7. The van der Waals surface area contributed by atoms with E-state index in [1.54, 1.807) is 10.3 Å². The fourth-order valence-corrected chi connectivity index (χ4v) is 5.03. The van der Waals surface area contributed by atoms with Crippen LogP contribution in [-0.4, -0.2) is 45.7 Å². The summed E-state index contributed by atoms with van der Waals surface area (Å²) in [5.74, 6) is -0.701. The Bertz CT molecular complexity index is 1440. The van der Waals surface area contributed by atoms with E-state index >= 15 is 0 Å². The number of aldehydes is 2. The lowest BCUT2D eigenvalue weighted by molar-refractivity contribution is -0.116. The Labute approximate surface area is 203 Å². The second-order valence-electron chi connectivity index (χ2n) is 8.27. The lowest BCUT2D eigenvalue weighted by atomic mass is 9.97. The van der Waals surface area contributed by atoms with Gasteiger partial charge in [0.15, 0.2) is 12.6 Å². The van der Waals surface area contributed by atoms with E-state index in [2.05, 4.69) is 15.3 Å². The van der Waals surface area contributed by atoms with E-state index in [-0.39, 0.29) is 36.0 Å². The van der Waals surface area contributed by atoms with Crippen LogP contribution in [0.1, 0.15) is 39.8 Å². The maximum absolute atomic E-state index is 12.7. The molecule has 4 N–H and O–H groups in total. The number of nitrogens with zero attached hydrogens (tertiary/aromatic N) is 2. The average Bonchev–Trinajstić information content (AvgIpc) is 3.25. The number of thiophene rings is 1. The van der Waals surface area contributed by atoms with Crippen LogP contribution in [0, 0.1) is 0 Å². The molecule has 4 rings (SSSR count). The minimum atomic E-state index is -0.533. The van der Waals surface area contributed by atoms with Gasteiger partial charge in [0.2, 0.25) is 5.82 Å². The third kappa shape index (κ3) is 5.04. The molecule has 3 aromatic rings. The summed E-state index contributed by atoms with van der Waals surface area (Å²) in [5, 5.41) is 4.80. The van der Waals surface area contributed by atoms with Crippen LogP contribution in [0.5, 0.6) is 0 Å². The molecule has 0 saturated heterocycles. The molecule has 0 unspecified atom stereocenters. The van der Waals surface area contributed by atoms with Crippen LogP contribution < -0.4 is 16.6 Å². The van der Waals surface area contributed by atoms with Gasteiger partial charge in [-0.25, -0.2) is 4.98 Å². The fourth-order valence-electron chi connectivity index (χ4n) is 4.09. The Balaban J connectivity index is 1.48. The Morgan fingerprint density at radius 3 is 2.77 bits per heavy atom. The maximum Gasteiger partial charge on any atom is 0.287 e. The number of carbonyl (C=O) groups is 4. The van der Waals surface area contributed by atoms with Crippen molar-refractivity contribution in [1.29, 1.82) is 0 Å². The molecule has 11 heteroatoms. The average molecular weight is 494 g/mol. The molecule has 0 aliphatic carbocycles. The highest BCUT2D eigenvalue weighted by Gasteiger charge is 2.21. The summed E-state index contributed by atoms with van der Waals surface area (Å²) in [7, 11) is 0. The maximum atomic E-state index is 12.7. The van der Waals surface area contributed by atoms with Gasteiger partial charge in [0, 0.05) is 26.1 Å². The number of fused-ring (bicyclic) bond motifs is 2. The first kappa shape index (κ1) is 24.0. The number of aromatic nitrogens is 2. The number of benzene rings is 1. The second kappa shape index (κ2) is 10.0. The number of nitrogens with two attached hydrogens (primary N) is 1. The van der Waals surface area contributed by atoms with Crippen LogP contribution in [0.3, 0.4) is 0 Å². The van der Waals surface area contributed by atoms with Gasteiger partial charge in [0.25, 0.3) is 11.5 Å². The quantitative estimate of drug-likeness (QED) is 0.310. The van der Waals surface area contributed by atoms with E-state index < -0.39 is 11.5 Å². The predicted octanol–water partition coefficient (Wildman–Crippen LogP) is 0.972. The van der Waals surface area contributed by atoms with Crippen LogP contribution >= 0.6 is 11.3 Å². The molecule has 1 aliphatic rings. The van der Waals surface area contributed by atoms with Gasteiger partial charge in [-0.2, -0.15) is 0 Å². The van der Waals surface area contributed by atoms with Crippen molar-refractivity contribution in [2.75, 3.05) is 6.54 Å². The smallest absolute Gasteiger partial charge is 0.287 e. The van der Waals surface area contributed by atoms with Crippen LogP contribution in [0.25, 0.3) is 10.2 Å². The molecule has 2 aromatic heterocycles. The van der Waals surface area contributed by atoms with Crippen molar-refractivity contribution in [3.63, 3.8) is 0 Å². The zero-order valence-electron chi connectivity index (χ0n) is 18.9. The lowest BCUT2D eigenvalue weighted by Gasteiger charge is -2.31. The molecule has 180 valence electrons. The Morgan fingerprint density at radius 2 is 2.06 bits per heavy atom. The van der Waals surface area contributed by atoms with Crippen LogP contribution in [0.4, 0.5) is 0 Å². The SMILES string of the molecule is CC(=O)Cc1csc2nc(C(=O)NCc3ccc4c(c3)CN(/C(C=O)=C(\N)C=O)CC4)[nH]c(=O)c12. The number of ketones is 1. The third-order valence-corrected chi connectivity index (χ3v) is 6.71. The monoisotopic (exact) mass is 493 g/mol. The molecular formula is C24H23N5O5S. The normalized spacial score (nSPS) is 13.7. The first-order chi connectivity index (χ1) is 16.8. The molecule has 0 atom stereocenters. The summed E-state index contributed by atoms with van der Waals surface area (Å²) in [5.41, 5.74) is 8.75. The molecule has 0 bridgehead atoms. The van der Waals surface area contributed by atoms with Crippen molar-refractivity contribution in [1.82, 2.24) is 20.2 Å². The number of allylic oxidation sites excluding steroid dienone is 2. The van der Waals surface area contributed by atoms with Crippen molar-refractivity contribution >= 4 is 45.8 Å². The zero-order chi connectivity index (χ0) is 25.1. The minimum Gasteiger partial charge on any atom is -0.394 e. The van der Waals surface area contributed by atoms with Crippen LogP contribution in [0.2, 0.25) is 0 Å². The van der Waals surface area contributed by atoms with Gasteiger partial charge < -0.3 is 20.9 Å². The van der Waals surface area contributed by atoms with Crippen LogP contribution in [-0.2, 0) is 40.3 Å². The van der Waals surface area contributed by atoms with Gasteiger partial charge in [0.05, 0.1) is 11.1 Å². The van der Waals surface area contributed by atoms with Gasteiger partial charge in [-0.1, -0.05) is 18.2 Å². The highest BCUT2D eigenvalue weighted by molar-refractivity contribution is 7.16. The molecule has 0 spiro atoms. The fraction of sp³-hybridized carbons (Fsp3) is 0.250. The molecule has 1 amide bonds. The summed E-state index contributed by atoms with van der Waals surface area (Å²) in [6.45, 7) is 2.61. The van der Waals surface area contributed by atoms with E-state index in [1.807, 2.05) is 18.2 Å². The topological polar surface area (TPSA) is 155 Å². The Kier molecular flexibility index (Phi) is 6.87. The lowest BCUT2D eigenvalue weighted by Crippen LogP contribution is -2.33. The second-order valence-corrected chi connectivity index (χ2v) is 9.13. The van der Waals surface area contributed by atoms with E-state index in [0.717, 1.165) is 16.7 Å². The molecule has 1 aliphatic heterocycles. The number of carbonyl (C=O) groups excluding carboxylic acids is 4. The number of amides is 1. The summed E-state index contributed by atoms with van der Waals surface area (Å²) < 4.78 is 0. The molecular weight excluding hydrogens is 470 g/mol. The molecule has 35 heavy (non-hydrogen) atoms. The summed E-state index contributed by atoms with van der Waals surface area (Å²) in [6.07, 6.45) is 1.86. The van der Waals surface area contributed by atoms with Gasteiger partial charge in [0.1, 0.15) is 16.3 Å². The van der Waals surface area contributed by atoms with Crippen molar-refractivity contribution < 1.29 is 19.2 Å². The van der Waals surface area contributed by atoms with Gasteiger partial charge in [-0.3, -0.25) is 24.0 Å². The van der Waals surface area contributed by atoms with E-state index in [1.165, 1.54) is 18.3 Å². The van der Waals surface area contributed by atoms with Crippen molar-refractivity contribution in [2.45, 2.75) is 32.9 Å². The summed E-state index contributed by atoms with van der Waals surface area (Å²) in [6, 6.07) is 5.79. The largest absolute Gasteiger partial charge is 0.394 e. The molecule has 0 fully saturated rings. The molecule has 3 heterocycles.